The van der Waals surface area contributed by atoms with E-state index >= 15 is 0 Å². The summed E-state index contributed by atoms with van der Waals surface area (Å²) < 4.78 is 5.98. The van der Waals surface area contributed by atoms with Crippen molar-refractivity contribution in [3.05, 3.63) is 64.1 Å². The van der Waals surface area contributed by atoms with Crippen molar-refractivity contribution in [2.24, 2.45) is 0 Å². The smallest absolute Gasteiger partial charge is 0.0862 e. The molecule has 0 spiro atoms. The van der Waals surface area contributed by atoms with Gasteiger partial charge in [-0.15, -0.1) is 24.2 Å². The van der Waals surface area contributed by atoms with Gasteiger partial charge in [-0.1, -0.05) is 53.5 Å². The number of hydrogen-bond donors (Lipinski definition) is 1. The van der Waals surface area contributed by atoms with Crippen molar-refractivity contribution in [2.45, 2.75) is 16.2 Å². The molecule has 1 aliphatic rings. The quantitative estimate of drug-likeness (QED) is 0.722. The molecule has 0 aromatic heterocycles. The minimum Gasteiger partial charge on any atom is -0.374 e. The molecule has 2 nitrogen and oxygen atoms in total. The van der Waals surface area contributed by atoms with Gasteiger partial charge in [0.15, 0.2) is 0 Å². The average molecular weight is 391 g/mol. The maximum atomic E-state index is 6.33. The van der Waals surface area contributed by atoms with E-state index in [1.54, 1.807) is 11.8 Å². The molecule has 23 heavy (non-hydrogen) atoms. The molecule has 2 aromatic rings. The monoisotopic (exact) mass is 389 g/mol. The predicted molar refractivity (Wildman–Crippen MR) is 101 cm³/mol. The molecule has 1 N–H and O–H groups in total. The minimum atomic E-state index is 0. The average Bonchev–Trinajstić information content (AvgIpc) is 2.57. The number of hydrogen-bond acceptors (Lipinski definition) is 3. The number of benzene rings is 2. The Kier molecular flexibility index (Phi) is 7.54. The van der Waals surface area contributed by atoms with Gasteiger partial charge in [-0.2, -0.15) is 0 Å². The Hall–Kier alpha value is -0.420. The van der Waals surface area contributed by atoms with E-state index in [4.69, 9.17) is 27.9 Å². The molecule has 1 fully saturated rings. The van der Waals surface area contributed by atoms with Crippen molar-refractivity contribution < 1.29 is 4.74 Å². The zero-order valence-electron chi connectivity index (χ0n) is 12.4. The van der Waals surface area contributed by atoms with Crippen LogP contribution in [0.4, 0.5) is 0 Å². The second kappa shape index (κ2) is 9.16. The van der Waals surface area contributed by atoms with E-state index in [9.17, 15) is 0 Å². The molecule has 0 bridgehead atoms. The standard InChI is InChI=1S/C17H17Cl2NOS.ClH/c18-13-6-7-14(19)16(10-13)22-17(12-4-2-1-3-5-12)15-11-20-8-9-21-15;/h1-7,10,15,17,20H,8-9,11H2;1H/t15-,17-;/m1./s1. The topological polar surface area (TPSA) is 21.3 Å². The van der Waals surface area contributed by atoms with Crippen molar-refractivity contribution in [1.82, 2.24) is 5.32 Å². The van der Waals surface area contributed by atoms with Gasteiger partial charge in [-0.25, -0.2) is 0 Å². The summed E-state index contributed by atoms with van der Waals surface area (Å²) in [6.07, 6.45) is 0.108. The zero-order valence-corrected chi connectivity index (χ0v) is 15.5. The van der Waals surface area contributed by atoms with Gasteiger partial charge in [-0.3, -0.25) is 0 Å². The fourth-order valence-corrected chi connectivity index (χ4v) is 4.24. The van der Waals surface area contributed by atoms with Crippen molar-refractivity contribution in [3.63, 3.8) is 0 Å². The molecule has 6 heteroatoms. The van der Waals surface area contributed by atoms with Gasteiger partial charge in [0.25, 0.3) is 0 Å². The fraction of sp³-hybridized carbons (Fsp3) is 0.294. The van der Waals surface area contributed by atoms with E-state index in [1.807, 2.05) is 24.3 Å². The van der Waals surface area contributed by atoms with Crippen LogP contribution in [0.2, 0.25) is 10.0 Å². The van der Waals surface area contributed by atoms with Crippen molar-refractivity contribution >= 4 is 47.4 Å². The third-order valence-electron chi connectivity index (χ3n) is 3.57. The Morgan fingerprint density at radius 3 is 2.61 bits per heavy atom. The molecule has 124 valence electrons. The van der Waals surface area contributed by atoms with E-state index in [0.29, 0.717) is 5.02 Å². The van der Waals surface area contributed by atoms with Gasteiger partial charge in [0, 0.05) is 23.0 Å². The van der Waals surface area contributed by atoms with Crippen LogP contribution in [0.1, 0.15) is 10.8 Å². The highest BCUT2D eigenvalue weighted by Crippen LogP contribution is 2.42. The number of thioether (sulfide) groups is 1. The number of rotatable bonds is 4. The maximum absolute atomic E-state index is 6.33. The molecule has 2 aromatic carbocycles. The SMILES string of the molecule is Cl.Clc1ccc(Cl)c(S[C@H](c2ccccc2)[C@H]2CNCCO2)c1. The summed E-state index contributed by atoms with van der Waals surface area (Å²) in [5.74, 6) is 0. The van der Waals surface area contributed by atoms with Crippen LogP contribution in [0.3, 0.4) is 0 Å². The lowest BCUT2D eigenvalue weighted by atomic mass is 10.1. The molecule has 1 saturated heterocycles. The molecule has 0 saturated carbocycles. The van der Waals surface area contributed by atoms with Crippen LogP contribution in [0.25, 0.3) is 0 Å². The van der Waals surface area contributed by atoms with Crippen LogP contribution in [-0.2, 0) is 4.74 Å². The molecule has 0 aliphatic carbocycles. The number of nitrogens with one attached hydrogen (secondary N) is 1. The Bertz CT molecular complexity index is 620. The highest BCUT2D eigenvalue weighted by molar-refractivity contribution is 7.99. The first-order chi connectivity index (χ1) is 10.7. The second-order valence-electron chi connectivity index (χ2n) is 5.14. The summed E-state index contributed by atoms with van der Waals surface area (Å²) in [7, 11) is 0. The highest BCUT2D eigenvalue weighted by Gasteiger charge is 2.27. The first-order valence-corrected chi connectivity index (χ1v) is 8.86. The Morgan fingerprint density at radius 2 is 1.91 bits per heavy atom. The lowest BCUT2D eigenvalue weighted by Gasteiger charge is -2.31. The third-order valence-corrected chi connectivity index (χ3v) is 5.67. The summed E-state index contributed by atoms with van der Waals surface area (Å²) in [4.78, 5) is 0.984. The van der Waals surface area contributed by atoms with Gasteiger partial charge in [0.2, 0.25) is 0 Å². The number of morpholine rings is 1. The predicted octanol–water partition coefficient (Wildman–Crippen LogP) is 5.24. The normalized spacial score (nSPS) is 19.0. The van der Waals surface area contributed by atoms with Gasteiger partial charge in [0.05, 0.1) is 23.0 Å². The fourth-order valence-electron chi connectivity index (χ4n) is 2.49. The van der Waals surface area contributed by atoms with Crippen molar-refractivity contribution in [2.75, 3.05) is 19.7 Å². The molecule has 3 rings (SSSR count). The lowest BCUT2D eigenvalue weighted by Crippen LogP contribution is -2.41. The van der Waals surface area contributed by atoms with Gasteiger partial charge in [-0.05, 0) is 23.8 Å². The summed E-state index contributed by atoms with van der Waals surface area (Å²) >= 11 is 14.2. The Labute approximate surface area is 157 Å². The van der Waals surface area contributed by atoms with E-state index in [1.165, 1.54) is 5.56 Å². The van der Waals surface area contributed by atoms with Crippen LogP contribution < -0.4 is 5.32 Å². The molecule has 0 radical (unpaired) electrons. The largest absolute Gasteiger partial charge is 0.374 e. The van der Waals surface area contributed by atoms with Gasteiger partial charge in [0.1, 0.15) is 0 Å². The van der Waals surface area contributed by atoms with Crippen LogP contribution >= 0.6 is 47.4 Å². The zero-order chi connectivity index (χ0) is 15.4. The van der Waals surface area contributed by atoms with E-state index < -0.39 is 0 Å². The van der Waals surface area contributed by atoms with Crippen molar-refractivity contribution in [3.8, 4) is 0 Å². The van der Waals surface area contributed by atoms with Gasteiger partial charge >= 0.3 is 0 Å². The van der Waals surface area contributed by atoms with Crippen molar-refractivity contribution in [1.29, 1.82) is 0 Å². The molecule has 1 heterocycles. The molecule has 0 amide bonds. The highest BCUT2D eigenvalue weighted by atomic mass is 35.5. The molecular weight excluding hydrogens is 373 g/mol. The summed E-state index contributed by atoms with van der Waals surface area (Å²) in [5.41, 5.74) is 1.23. The maximum Gasteiger partial charge on any atom is 0.0862 e. The lowest BCUT2D eigenvalue weighted by molar-refractivity contribution is 0.0273. The van der Waals surface area contributed by atoms with E-state index in [0.717, 1.165) is 29.6 Å². The number of ether oxygens (including phenoxy) is 1. The minimum absolute atomic E-state index is 0. The summed E-state index contributed by atoms with van der Waals surface area (Å²) in [6, 6.07) is 16.0. The molecule has 1 aliphatic heterocycles. The van der Waals surface area contributed by atoms with Crippen LogP contribution in [0, 0.1) is 0 Å². The van der Waals surface area contributed by atoms with E-state index in [-0.39, 0.29) is 23.8 Å². The first-order valence-electron chi connectivity index (χ1n) is 7.23. The second-order valence-corrected chi connectivity index (χ2v) is 7.16. The molecule has 2 atom stereocenters. The Morgan fingerprint density at radius 1 is 1.13 bits per heavy atom. The molecular formula is C17H18Cl3NOS. The third kappa shape index (κ3) is 5.02. The summed E-state index contributed by atoms with van der Waals surface area (Å²) in [5, 5.41) is 4.99. The van der Waals surface area contributed by atoms with E-state index in [2.05, 4.69) is 29.6 Å². The van der Waals surface area contributed by atoms with Gasteiger partial charge < -0.3 is 10.1 Å². The molecule has 0 unspecified atom stereocenters. The summed E-state index contributed by atoms with van der Waals surface area (Å²) in [6.45, 7) is 2.48. The Balaban J connectivity index is 0.00000192. The van der Waals surface area contributed by atoms with Crippen LogP contribution in [-0.4, -0.2) is 25.8 Å². The van der Waals surface area contributed by atoms with Crippen LogP contribution in [0.5, 0.6) is 0 Å². The first kappa shape index (κ1) is 18.9. The van der Waals surface area contributed by atoms with Crippen LogP contribution in [0.15, 0.2) is 53.4 Å². The number of halogens is 3.